The highest BCUT2D eigenvalue weighted by molar-refractivity contribution is 5.95. The van der Waals surface area contributed by atoms with Gasteiger partial charge in [-0.1, -0.05) is 58.6 Å². The van der Waals surface area contributed by atoms with Crippen LogP contribution in [0.1, 0.15) is 87.2 Å². The fraction of sp³-hybridized carbons (Fsp3) is 0.650. The molecule has 1 heterocycles. The Bertz CT molecular complexity index is 520. The summed E-state index contributed by atoms with van der Waals surface area (Å²) in [6.07, 6.45) is 8.13. The molecule has 22 heavy (non-hydrogen) atoms. The minimum absolute atomic E-state index is 0.132. The van der Waals surface area contributed by atoms with Gasteiger partial charge in [-0.3, -0.25) is 0 Å². The van der Waals surface area contributed by atoms with Crippen LogP contribution in [0.4, 0.5) is 0 Å². The molecule has 0 spiro atoms. The van der Waals surface area contributed by atoms with Gasteiger partial charge in [0, 0.05) is 11.5 Å². The molecule has 2 heteroatoms. The molecular formula is C20H30O2. The van der Waals surface area contributed by atoms with Gasteiger partial charge in [-0.05, 0) is 37.8 Å². The third-order valence-corrected chi connectivity index (χ3v) is 5.27. The molecule has 0 aliphatic carbocycles. The van der Waals surface area contributed by atoms with Crippen LogP contribution in [0.3, 0.4) is 0 Å². The zero-order valence-corrected chi connectivity index (χ0v) is 14.6. The van der Waals surface area contributed by atoms with Crippen LogP contribution in [0, 0.1) is 12.8 Å². The largest absolute Gasteiger partial charge is 0.450 e. The fourth-order valence-electron chi connectivity index (χ4n) is 4.08. The van der Waals surface area contributed by atoms with Crippen LogP contribution in [0.2, 0.25) is 0 Å². The molecule has 2 rings (SSSR count). The van der Waals surface area contributed by atoms with Gasteiger partial charge >= 0.3 is 5.97 Å². The van der Waals surface area contributed by atoms with Gasteiger partial charge < -0.3 is 4.74 Å². The minimum atomic E-state index is -0.404. The Hall–Kier alpha value is -1.31. The molecule has 2 unspecified atom stereocenters. The van der Waals surface area contributed by atoms with Gasteiger partial charge in [0.25, 0.3) is 0 Å². The molecule has 0 N–H and O–H groups in total. The summed E-state index contributed by atoms with van der Waals surface area (Å²) in [4.78, 5) is 12.4. The topological polar surface area (TPSA) is 26.3 Å². The quantitative estimate of drug-likeness (QED) is 0.450. The van der Waals surface area contributed by atoms with Crippen molar-refractivity contribution < 1.29 is 9.53 Å². The summed E-state index contributed by atoms with van der Waals surface area (Å²) >= 11 is 0. The molecule has 0 aromatic heterocycles. The van der Waals surface area contributed by atoms with Crippen LogP contribution in [0.5, 0.6) is 0 Å². The first-order valence-corrected chi connectivity index (χ1v) is 8.94. The SMILES string of the molecule is CCCCCCC(CC)C1(CC)OC(=O)c2cccc(C)c21. The zero-order valence-electron chi connectivity index (χ0n) is 14.6. The predicted octanol–water partition coefficient (Wildman–Crippen LogP) is 5.77. The van der Waals surface area contributed by atoms with Crippen LogP contribution in [0.15, 0.2) is 18.2 Å². The summed E-state index contributed by atoms with van der Waals surface area (Å²) in [5.41, 5.74) is 2.73. The number of hydrogen-bond donors (Lipinski definition) is 0. The van der Waals surface area contributed by atoms with E-state index < -0.39 is 5.60 Å². The number of unbranched alkanes of at least 4 members (excludes halogenated alkanes) is 3. The fourth-order valence-corrected chi connectivity index (χ4v) is 4.08. The van der Waals surface area contributed by atoms with Crippen molar-refractivity contribution in [3.63, 3.8) is 0 Å². The van der Waals surface area contributed by atoms with E-state index >= 15 is 0 Å². The lowest BCUT2D eigenvalue weighted by atomic mass is 9.73. The lowest BCUT2D eigenvalue weighted by Gasteiger charge is -2.36. The number of hydrogen-bond acceptors (Lipinski definition) is 2. The lowest BCUT2D eigenvalue weighted by molar-refractivity contribution is -0.0502. The minimum Gasteiger partial charge on any atom is -0.450 e. The molecule has 1 aromatic rings. The summed E-state index contributed by atoms with van der Waals surface area (Å²) in [6.45, 7) is 8.73. The highest BCUT2D eigenvalue weighted by Crippen LogP contribution is 2.48. The van der Waals surface area contributed by atoms with Crippen molar-refractivity contribution in [3.05, 3.63) is 34.9 Å². The van der Waals surface area contributed by atoms with Crippen molar-refractivity contribution in [1.82, 2.24) is 0 Å². The number of ether oxygens (including phenoxy) is 1. The average molecular weight is 302 g/mol. The molecule has 0 bridgehead atoms. The number of carbonyl (C=O) groups is 1. The smallest absolute Gasteiger partial charge is 0.339 e. The Balaban J connectivity index is 2.31. The summed E-state index contributed by atoms with van der Waals surface area (Å²) in [7, 11) is 0. The molecule has 2 atom stereocenters. The van der Waals surface area contributed by atoms with Crippen molar-refractivity contribution >= 4 is 5.97 Å². The van der Waals surface area contributed by atoms with Crippen molar-refractivity contribution in [2.75, 3.05) is 0 Å². The lowest BCUT2D eigenvalue weighted by Crippen LogP contribution is -2.35. The standard InChI is InChI=1S/C20H30O2/c1-5-8-9-10-13-16(6-2)20(7-3)18-15(4)12-11-14-17(18)19(21)22-20/h11-12,14,16H,5-10,13H2,1-4H3. The van der Waals surface area contributed by atoms with Gasteiger partial charge in [0.1, 0.15) is 5.60 Å². The summed E-state index contributed by atoms with van der Waals surface area (Å²) in [5, 5.41) is 0. The first kappa shape index (κ1) is 17.1. The number of benzene rings is 1. The zero-order chi connectivity index (χ0) is 16.2. The second-order valence-corrected chi connectivity index (χ2v) is 6.58. The first-order valence-electron chi connectivity index (χ1n) is 8.94. The number of carbonyl (C=O) groups excluding carboxylic acids is 1. The van der Waals surface area contributed by atoms with Crippen molar-refractivity contribution in [1.29, 1.82) is 0 Å². The normalized spacial score (nSPS) is 21.5. The van der Waals surface area contributed by atoms with Gasteiger partial charge in [0.15, 0.2) is 0 Å². The Morgan fingerprint density at radius 2 is 1.91 bits per heavy atom. The number of fused-ring (bicyclic) bond motifs is 1. The van der Waals surface area contributed by atoms with Crippen LogP contribution < -0.4 is 0 Å². The molecular weight excluding hydrogens is 272 g/mol. The van der Waals surface area contributed by atoms with E-state index in [0.29, 0.717) is 5.92 Å². The van der Waals surface area contributed by atoms with Crippen molar-refractivity contribution in [2.45, 2.75) is 78.2 Å². The van der Waals surface area contributed by atoms with Gasteiger partial charge in [-0.15, -0.1) is 0 Å². The first-order chi connectivity index (χ1) is 10.6. The summed E-state index contributed by atoms with van der Waals surface area (Å²) in [6, 6.07) is 5.99. The Morgan fingerprint density at radius 1 is 1.14 bits per heavy atom. The van der Waals surface area contributed by atoms with Gasteiger partial charge in [0.05, 0.1) is 5.56 Å². The highest BCUT2D eigenvalue weighted by Gasteiger charge is 2.49. The van der Waals surface area contributed by atoms with E-state index in [1.165, 1.54) is 31.2 Å². The van der Waals surface area contributed by atoms with E-state index in [4.69, 9.17) is 4.74 Å². The third-order valence-electron chi connectivity index (χ3n) is 5.27. The Labute approximate surface area is 135 Å². The maximum absolute atomic E-state index is 12.4. The monoisotopic (exact) mass is 302 g/mol. The number of esters is 1. The molecule has 2 nitrogen and oxygen atoms in total. The molecule has 0 saturated carbocycles. The molecule has 122 valence electrons. The maximum atomic E-state index is 12.4. The molecule has 0 amide bonds. The third kappa shape index (κ3) is 2.93. The summed E-state index contributed by atoms with van der Waals surface area (Å²) in [5.74, 6) is 0.285. The molecule has 0 fully saturated rings. The van der Waals surface area contributed by atoms with E-state index in [1.807, 2.05) is 12.1 Å². The molecule has 1 aliphatic rings. The van der Waals surface area contributed by atoms with Crippen LogP contribution >= 0.6 is 0 Å². The maximum Gasteiger partial charge on any atom is 0.339 e. The highest BCUT2D eigenvalue weighted by atomic mass is 16.6. The second-order valence-electron chi connectivity index (χ2n) is 6.58. The van der Waals surface area contributed by atoms with Crippen molar-refractivity contribution in [2.24, 2.45) is 5.92 Å². The van der Waals surface area contributed by atoms with Gasteiger partial charge in [-0.25, -0.2) is 4.79 Å². The molecule has 0 radical (unpaired) electrons. The second kappa shape index (κ2) is 7.30. The van der Waals surface area contributed by atoms with Crippen LogP contribution in [-0.2, 0) is 10.3 Å². The predicted molar refractivity (Wildman–Crippen MR) is 91.1 cm³/mol. The Morgan fingerprint density at radius 3 is 2.55 bits per heavy atom. The van der Waals surface area contributed by atoms with Gasteiger partial charge in [-0.2, -0.15) is 0 Å². The molecule has 1 aromatic carbocycles. The van der Waals surface area contributed by atoms with Crippen LogP contribution in [0.25, 0.3) is 0 Å². The molecule has 0 saturated heterocycles. The van der Waals surface area contributed by atoms with Crippen molar-refractivity contribution in [3.8, 4) is 0 Å². The van der Waals surface area contributed by atoms with Gasteiger partial charge in [0.2, 0.25) is 0 Å². The number of aryl methyl sites for hydroxylation is 1. The average Bonchev–Trinajstić information content (AvgIpc) is 2.82. The summed E-state index contributed by atoms with van der Waals surface area (Å²) < 4.78 is 6.02. The van der Waals surface area contributed by atoms with E-state index in [1.54, 1.807) is 0 Å². The van der Waals surface area contributed by atoms with E-state index in [-0.39, 0.29) is 5.97 Å². The molecule has 1 aliphatic heterocycles. The number of cyclic esters (lactones) is 1. The number of rotatable bonds is 8. The van der Waals surface area contributed by atoms with E-state index in [0.717, 1.165) is 30.4 Å². The van der Waals surface area contributed by atoms with E-state index in [9.17, 15) is 4.79 Å². The van der Waals surface area contributed by atoms with Crippen LogP contribution in [-0.4, -0.2) is 5.97 Å². The van der Waals surface area contributed by atoms with E-state index in [2.05, 4.69) is 33.8 Å². The Kier molecular flexibility index (Phi) is 5.66.